The fraction of sp³-hybridized carbons (Fsp3) is 0.909. The van der Waals surface area contributed by atoms with Crippen molar-refractivity contribution in [3.05, 3.63) is 0 Å². The molecule has 2 nitrogen and oxygen atoms in total. The molecule has 0 saturated heterocycles. The summed E-state index contributed by atoms with van der Waals surface area (Å²) in [5, 5.41) is 11.8. The molecule has 0 heterocycles. The third-order valence-corrected chi connectivity index (χ3v) is 3.89. The Hall–Kier alpha value is -0.530. The maximum atomic E-state index is 8.62. The summed E-state index contributed by atoms with van der Waals surface area (Å²) in [5.41, 5.74) is 0.333. The molecule has 13 heavy (non-hydrogen) atoms. The van der Waals surface area contributed by atoms with Crippen LogP contribution in [0.5, 0.6) is 0 Å². The van der Waals surface area contributed by atoms with Gasteiger partial charge < -0.3 is 5.21 Å². The van der Waals surface area contributed by atoms with Crippen LogP contribution < -0.4 is 0 Å². The van der Waals surface area contributed by atoms with Gasteiger partial charge in [0.15, 0.2) is 0 Å². The Kier molecular flexibility index (Phi) is 2.99. The van der Waals surface area contributed by atoms with Gasteiger partial charge in [0.1, 0.15) is 0 Å². The smallest absolute Gasteiger partial charge is 0.0497 e. The molecule has 76 valence electrons. The second-order valence-corrected chi connectivity index (χ2v) is 5.09. The minimum Gasteiger partial charge on any atom is -0.411 e. The van der Waals surface area contributed by atoms with Gasteiger partial charge in [-0.05, 0) is 18.3 Å². The van der Waals surface area contributed by atoms with E-state index in [0.717, 1.165) is 0 Å². The molecule has 0 aliphatic heterocycles. The van der Waals surface area contributed by atoms with E-state index in [0.29, 0.717) is 5.41 Å². The first-order chi connectivity index (χ1) is 6.02. The van der Waals surface area contributed by atoms with Gasteiger partial charge in [-0.3, -0.25) is 0 Å². The second-order valence-electron chi connectivity index (χ2n) is 5.09. The van der Waals surface area contributed by atoms with E-state index >= 15 is 0 Å². The molecule has 1 saturated carbocycles. The highest BCUT2D eigenvalue weighted by Crippen LogP contribution is 2.48. The van der Waals surface area contributed by atoms with Crippen molar-refractivity contribution in [2.45, 2.75) is 52.9 Å². The van der Waals surface area contributed by atoms with E-state index in [1.165, 1.54) is 32.1 Å². The standard InChI is InChI=1S/C11H21NO/c1-10(2,9-12-13)11(3)7-5-4-6-8-11/h9,13H,4-8H2,1-3H3. The molecule has 0 aromatic heterocycles. The summed E-state index contributed by atoms with van der Waals surface area (Å²) < 4.78 is 0. The third kappa shape index (κ3) is 2.04. The van der Waals surface area contributed by atoms with Crippen LogP contribution in [0.2, 0.25) is 0 Å². The van der Waals surface area contributed by atoms with Crippen molar-refractivity contribution < 1.29 is 5.21 Å². The van der Waals surface area contributed by atoms with Crippen LogP contribution in [0.1, 0.15) is 52.9 Å². The number of hydrogen-bond acceptors (Lipinski definition) is 2. The highest BCUT2D eigenvalue weighted by molar-refractivity contribution is 5.65. The highest BCUT2D eigenvalue weighted by atomic mass is 16.4. The molecule has 1 aliphatic rings. The van der Waals surface area contributed by atoms with Gasteiger partial charge in [0.05, 0.1) is 0 Å². The van der Waals surface area contributed by atoms with E-state index in [-0.39, 0.29) is 5.41 Å². The maximum Gasteiger partial charge on any atom is 0.0497 e. The molecule has 0 aromatic rings. The molecule has 1 fully saturated rings. The topological polar surface area (TPSA) is 32.6 Å². The van der Waals surface area contributed by atoms with Gasteiger partial charge >= 0.3 is 0 Å². The first kappa shape index (κ1) is 10.6. The lowest BCUT2D eigenvalue weighted by molar-refractivity contribution is 0.101. The average Bonchev–Trinajstić information content (AvgIpc) is 2.05. The van der Waals surface area contributed by atoms with Crippen LogP contribution in [0.3, 0.4) is 0 Å². The molecule has 0 amide bonds. The van der Waals surface area contributed by atoms with E-state index in [1.807, 2.05) is 0 Å². The normalized spacial score (nSPS) is 23.6. The van der Waals surface area contributed by atoms with E-state index < -0.39 is 0 Å². The first-order valence-electron chi connectivity index (χ1n) is 5.20. The molecular weight excluding hydrogens is 162 g/mol. The van der Waals surface area contributed by atoms with Crippen LogP contribution in [0.15, 0.2) is 5.16 Å². The fourth-order valence-corrected chi connectivity index (χ4v) is 2.28. The zero-order valence-corrected chi connectivity index (χ0v) is 9.01. The van der Waals surface area contributed by atoms with Gasteiger partial charge in [-0.1, -0.05) is 40.0 Å². The molecule has 0 aromatic carbocycles. The molecule has 0 bridgehead atoms. The zero-order valence-electron chi connectivity index (χ0n) is 9.01. The number of oxime groups is 1. The number of hydrogen-bond donors (Lipinski definition) is 1. The number of rotatable bonds is 2. The van der Waals surface area contributed by atoms with Crippen molar-refractivity contribution in [2.75, 3.05) is 0 Å². The lowest BCUT2D eigenvalue weighted by Gasteiger charge is -2.44. The minimum atomic E-state index is 0.0160. The Morgan fingerprint density at radius 2 is 1.77 bits per heavy atom. The average molecular weight is 183 g/mol. The largest absolute Gasteiger partial charge is 0.411 e. The highest BCUT2D eigenvalue weighted by Gasteiger charge is 2.40. The Morgan fingerprint density at radius 1 is 1.23 bits per heavy atom. The van der Waals surface area contributed by atoms with Crippen LogP contribution in [-0.2, 0) is 0 Å². The third-order valence-electron chi connectivity index (χ3n) is 3.89. The monoisotopic (exact) mass is 183 g/mol. The summed E-state index contributed by atoms with van der Waals surface area (Å²) in [6.07, 6.45) is 8.21. The SMILES string of the molecule is CC(C)(C=NO)C1(C)CCCCC1. The number of nitrogens with zero attached hydrogens (tertiary/aromatic N) is 1. The lowest BCUT2D eigenvalue weighted by atomic mass is 9.60. The van der Waals surface area contributed by atoms with Gasteiger partial charge in [-0.2, -0.15) is 0 Å². The van der Waals surface area contributed by atoms with E-state index in [4.69, 9.17) is 5.21 Å². The Morgan fingerprint density at radius 3 is 2.23 bits per heavy atom. The molecule has 0 radical (unpaired) electrons. The van der Waals surface area contributed by atoms with Crippen molar-refractivity contribution in [1.29, 1.82) is 0 Å². The van der Waals surface area contributed by atoms with Gasteiger partial charge in [0, 0.05) is 11.6 Å². The summed E-state index contributed by atoms with van der Waals surface area (Å²) in [5.74, 6) is 0. The molecule has 0 spiro atoms. The summed E-state index contributed by atoms with van der Waals surface area (Å²) in [7, 11) is 0. The van der Waals surface area contributed by atoms with Crippen molar-refractivity contribution in [3.8, 4) is 0 Å². The van der Waals surface area contributed by atoms with Crippen molar-refractivity contribution >= 4 is 6.21 Å². The van der Waals surface area contributed by atoms with E-state index in [1.54, 1.807) is 6.21 Å². The Balaban J connectivity index is 2.76. The zero-order chi connectivity index (χ0) is 9.95. The second kappa shape index (κ2) is 3.69. The predicted molar refractivity (Wildman–Crippen MR) is 55.3 cm³/mol. The Labute approximate surface area is 81.0 Å². The van der Waals surface area contributed by atoms with E-state index in [9.17, 15) is 0 Å². The summed E-state index contributed by atoms with van der Waals surface area (Å²) in [4.78, 5) is 0. The van der Waals surface area contributed by atoms with Gasteiger partial charge in [-0.25, -0.2) is 0 Å². The summed E-state index contributed by atoms with van der Waals surface area (Å²) in [6.45, 7) is 6.64. The molecule has 0 unspecified atom stereocenters. The van der Waals surface area contributed by atoms with Crippen LogP contribution in [0.25, 0.3) is 0 Å². The van der Waals surface area contributed by atoms with Gasteiger partial charge in [0.25, 0.3) is 0 Å². The van der Waals surface area contributed by atoms with Crippen LogP contribution >= 0.6 is 0 Å². The van der Waals surface area contributed by atoms with Gasteiger partial charge in [0.2, 0.25) is 0 Å². The first-order valence-corrected chi connectivity index (χ1v) is 5.20. The van der Waals surface area contributed by atoms with Crippen molar-refractivity contribution in [1.82, 2.24) is 0 Å². The minimum absolute atomic E-state index is 0.0160. The predicted octanol–water partition coefficient (Wildman–Crippen LogP) is 3.44. The van der Waals surface area contributed by atoms with Crippen LogP contribution in [0, 0.1) is 10.8 Å². The van der Waals surface area contributed by atoms with E-state index in [2.05, 4.69) is 25.9 Å². The molecule has 1 rings (SSSR count). The molecular formula is C11H21NO. The summed E-state index contributed by atoms with van der Waals surface area (Å²) >= 11 is 0. The van der Waals surface area contributed by atoms with Gasteiger partial charge in [-0.15, -0.1) is 5.16 Å². The van der Waals surface area contributed by atoms with Crippen LogP contribution in [-0.4, -0.2) is 11.4 Å². The summed E-state index contributed by atoms with van der Waals surface area (Å²) in [6, 6.07) is 0. The molecule has 1 N–H and O–H groups in total. The quantitative estimate of drug-likeness (QED) is 0.397. The van der Waals surface area contributed by atoms with Crippen LogP contribution in [0.4, 0.5) is 0 Å². The molecule has 1 aliphatic carbocycles. The van der Waals surface area contributed by atoms with Crippen molar-refractivity contribution in [3.63, 3.8) is 0 Å². The molecule has 2 heteroatoms. The molecule has 0 atom stereocenters. The van der Waals surface area contributed by atoms with Crippen molar-refractivity contribution in [2.24, 2.45) is 16.0 Å². The Bertz CT molecular complexity index is 190. The lowest BCUT2D eigenvalue weighted by Crippen LogP contribution is -2.38. The maximum absolute atomic E-state index is 8.62. The fourth-order valence-electron chi connectivity index (χ4n) is 2.28.